The summed E-state index contributed by atoms with van der Waals surface area (Å²) in [7, 11) is -3.72. The number of aromatic amines is 1. The zero-order valence-electron chi connectivity index (χ0n) is 16.4. The lowest BCUT2D eigenvalue weighted by Crippen LogP contribution is -2.50. The van der Waals surface area contributed by atoms with Crippen LogP contribution in [-0.4, -0.2) is 43.3 Å². The molecule has 156 valence electrons. The third kappa shape index (κ3) is 4.38. The molecule has 1 aliphatic heterocycles. The molecule has 2 fully saturated rings. The highest BCUT2D eigenvalue weighted by Crippen LogP contribution is 2.35. The minimum atomic E-state index is -3.72. The summed E-state index contributed by atoms with van der Waals surface area (Å²) in [5.41, 5.74) is 0.349. The Hall–Kier alpha value is -2.19. The maximum atomic E-state index is 12.7. The molecule has 8 heteroatoms. The molecule has 7 nitrogen and oxygen atoms in total. The Labute approximate surface area is 170 Å². The minimum Gasteiger partial charge on any atom is -0.339 e. The van der Waals surface area contributed by atoms with E-state index in [-0.39, 0.29) is 29.3 Å². The molecule has 2 aliphatic rings. The van der Waals surface area contributed by atoms with Crippen LogP contribution in [0.15, 0.2) is 40.0 Å². The highest BCUT2D eigenvalue weighted by molar-refractivity contribution is 7.89. The number of benzene rings is 1. The topological polar surface area (TPSA) is 99.3 Å². The van der Waals surface area contributed by atoms with Crippen molar-refractivity contribution in [1.29, 1.82) is 0 Å². The smallest absolute Gasteiger partial charge is 0.248 e. The molecule has 1 amide bonds. The number of carbonyl (C=O) groups excluding carboxylic acids is 1. The number of H-pyrrole nitrogens is 1. The lowest BCUT2D eigenvalue weighted by atomic mass is 9.78. The third-order valence-electron chi connectivity index (χ3n) is 6.20. The zero-order valence-corrected chi connectivity index (χ0v) is 17.2. The van der Waals surface area contributed by atoms with E-state index in [0.29, 0.717) is 22.9 Å². The van der Waals surface area contributed by atoms with Crippen molar-refractivity contribution in [3.63, 3.8) is 0 Å². The van der Waals surface area contributed by atoms with E-state index in [4.69, 9.17) is 0 Å². The summed E-state index contributed by atoms with van der Waals surface area (Å²) >= 11 is 0. The van der Waals surface area contributed by atoms with Crippen LogP contribution < -0.4 is 10.3 Å². The average Bonchev–Trinajstić information content (AvgIpc) is 2.72. The first-order valence-corrected chi connectivity index (χ1v) is 11.8. The predicted molar refractivity (Wildman–Crippen MR) is 111 cm³/mol. The first kappa shape index (κ1) is 20.1. The van der Waals surface area contributed by atoms with E-state index in [2.05, 4.69) is 9.71 Å². The van der Waals surface area contributed by atoms with Gasteiger partial charge in [-0.3, -0.25) is 9.59 Å². The molecule has 2 atom stereocenters. The second-order valence-electron chi connectivity index (χ2n) is 8.06. The van der Waals surface area contributed by atoms with Gasteiger partial charge in [-0.05, 0) is 61.3 Å². The normalized spacial score (nSPS) is 22.4. The van der Waals surface area contributed by atoms with Gasteiger partial charge in [-0.2, -0.15) is 0 Å². The highest BCUT2D eigenvalue weighted by Gasteiger charge is 2.35. The van der Waals surface area contributed by atoms with Gasteiger partial charge in [0.05, 0.1) is 4.90 Å². The molecule has 1 saturated heterocycles. The fraction of sp³-hybridized carbons (Fsp3) is 0.524. The van der Waals surface area contributed by atoms with Gasteiger partial charge in [-0.25, -0.2) is 13.1 Å². The van der Waals surface area contributed by atoms with Gasteiger partial charge in [0.2, 0.25) is 21.5 Å². The molecule has 4 rings (SSSR count). The van der Waals surface area contributed by atoms with Crippen molar-refractivity contribution >= 4 is 26.8 Å². The zero-order chi connectivity index (χ0) is 20.4. The number of nitrogens with zero attached hydrogens (tertiary/aromatic N) is 1. The Morgan fingerprint density at radius 2 is 1.90 bits per heavy atom. The van der Waals surface area contributed by atoms with E-state index >= 15 is 0 Å². The van der Waals surface area contributed by atoms with Crippen LogP contribution in [-0.2, 0) is 14.8 Å². The monoisotopic (exact) mass is 417 g/mol. The number of carbonyl (C=O) groups is 1. The molecule has 2 heterocycles. The van der Waals surface area contributed by atoms with Crippen molar-refractivity contribution in [2.45, 2.75) is 55.9 Å². The fourth-order valence-corrected chi connectivity index (χ4v) is 5.82. The summed E-state index contributed by atoms with van der Waals surface area (Å²) in [5.74, 6) is 0.655. The Kier molecular flexibility index (Phi) is 5.74. The largest absolute Gasteiger partial charge is 0.339 e. The van der Waals surface area contributed by atoms with Gasteiger partial charge in [0.15, 0.2) is 0 Å². The number of pyridine rings is 1. The maximum Gasteiger partial charge on any atom is 0.248 e. The number of hydrogen-bond donors (Lipinski definition) is 2. The Balaban J connectivity index is 1.38. The van der Waals surface area contributed by atoms with Crippen LogP contribution in [0.4, 0.5) is 0 Å². The first-order chi connectivity index (χ1) is 13.9. The average molecular weight is 418 g/mol. The molecule has 1 aromatic heterocycles. The third-order valence-corrected chi connectivity index (χ3v) is 7.66. The summed E-state index contributed by atoms with van der Waals surface area (Å²) in [6.07, 6.45) is 7.11. The number of piperidine rings is 1. The standard InChI is InChI=1S/C21H27N3O4S/c25-20-10-7-16-14-17(8-9-18(16)23-20)29(27,28)22-12-11-21(26)24-13-3-5-15-4-1-2-6-19(15)24/h7-10,14-15,19,22H,1-6,11-13H2,(H,23,25). The lowest BCUT2D eigenvalue weighted by Gasteiger charge is -2.44. The van der Waals surface area contributed by atoms with E-state index in [1.165, 1.54) is 43.9 Å². The quantitative estimate of drug-likeness (QED) is 0.780. The van der Waals surface area contributed by atoms with Crippen molar-refractivity contribution in [1.82, 2.24) is 14.6 Å². The summed E-state index contributed by atoms with van der Waals surface area (Å²) in [4.78, 5) is 28.9. The Morgan fingerprint density at radius 3 is 2.76 bits per heavy atom. The van der Waals surface area contributed by atoms with Crippen LogP contribution in [0, 0.1) is 5.92 Å². The maximum absolute atomic E-state index is 12.7. The van der Waals surface area contributed by atoms with Gasteiger partial charge >= 0.3 is 0 Å². The molecule has 0 radical (unpaired) electrons. The minimum absolute atomic E-state index is 0.0420. The number of rotatable bonds is 5. The van der Waals surface area contributed by atoms with Crippen LogP contribution in [0.1, 0.15) is 44.9 Å². The first-order valence-electron chi connectivity index (χ1n) is 10.4. The van der Waals surface area contributed by atoms with Gasteiger partial charge in [0, 0.05) is 37.1 Å². The van der Waals surface area contributed by atoms with Crippen molar-refractivity contribution in [3.05, 3.63) is 40.7 Å². The van der Waals surface area contributed by atoms with Gasteiger partial charge in [-0.15, -0.1) is 0 Å². The Morgan fingerprint density at radius 1 is 1.10 bits per heavy atom. The van der Waals surface area contributed by atoms with Crippen LogP contribution in [0.5, 0.6) is 0 Å². The van der Waals surface area contributed by atoms with Crippen LogP contribution in [0.25, 0.3) is 10.9 Å². The summed E-state index contributed by atoms with van der Waals surface area (Å²) in [5, 5.41) is 0.639. The number of fused-ring (bicyclic) bond motifs is 2. The van der Waals surface area contributed by atoms with Crippen LogP contribution in [0.2, 0.25) is 0 Å². The van der Waals surface area contributed by atoms with Gasteiger partial charge < -0.3 is 9.88 Å². The summed E-state index contributed by atoms with van der Waals surface area (Å²) in [6, 6.07) is 7.85. The van der Waals surface area contributed by atoms with Crippen LogP contribution >= 0.6 is 0 Å². The SMILES string of the molecule is O=C(CCNS(=O)(=O)c1ccc2[nH]c(=O)ccc2c1)N1CCCC2CCCCC21. The van der Waals surface area contributed by atoms with Gasteiger partial charge in [0.1, 0.15) is 0 Å². The number of nitrogens with one attached hydrogen (secondary N) is 2. The van der Waals surface area contributed by atoms with E-state index in [0.717, 1.165) is 19.4 Å². The molecule has 2 unspecified atom stereocenters. The molecule has 2 aromatic rings. The molecule has 1 saturated carbocycles. The van der Waals surface area contributed by atoms with Crippen molar-refractivity contribution in [2.75, 3.05) is 13.1 Å². The number of amides is 1. The molecular formula is C21H27N3O4S. The summed E-state index contributed by atoms with van der Waals surface area (Å²) in [6.45, 7) is 0.869. The number of hydrogen-bond acceptors (Lipinski definition) is 4. The number of likely N-dealkylation sites (tertiary alicyclic amines) is 1. The molecule has 29 heavy (non-hydrogen) atoms. The van der Waals surface area contributed by atoms with E-state index in [1.54, 1.807) is 12.1 Å². The molecule has 2 N–H and O–H groups in total. The number of aromatic nitrogens is 1. The van der Waals surface area contributed by atoms with Gasteiger partial charge in [-0.1, -0.05) is 12.8 Å². The van der Waals surface area contributed by atoms with E-state index in [1.807, 2.05) is 4.90 Å². The fourth-order valence-electron chi connectivity index (χ4n) is 4.75. The van der Waals surface area contributed by atoms with Crippen LogP contribution in [0.3, 0.4) is 0 Å². The molecule has 1 aromatic carbocycles. The highest BCUT2D eigenvalue weighted by atomic mass is 32.2. The number of sulfonamides is 1. The van der Waals surface area contributed by atoms with Crippen molar-refractivity contribution in [2.24, 2.45) is 5.92 Å². The lowest BCUT2D eigenvalue weighted by molar-refractivity contribution is -0.137. The Bertz CT molecular complexity index is 1060. The molecule has 0 spiro atoms. The van der Waals surface area contributed by atoms with Gasteiger partial charge in [0.25, 0.3) is 0 Å². The molecule has 1 aliphatic carbocycles. The predicted octanol–water partition coefficient (Wildman–Crippen LogP) is 2.38. The van der Waals surface area contributed by atoms with E-state index in [9.17, 15) is 18.0 Å². The van der Waals surface area contributed by atoms with Crippen molar-refractivity contribution in [3.8, 4) is 0 Å². The molecular weight excluding hydrogens is 390 g/mol. The second-order valence-corrected chi connectivity index (χ2v) is 9.83. The summed E-state index contributed by atoms with van der Waals surface area (Å²) < 4.78 is 27.8. The molecule has 0 bridgehead atoms. The van der Waals surface area contributed by atoms with Crippen molar-refractivity contribution < 1.29 is 13.2 Å². The second kappa shape index (κ2) is 8.28. The van der Waals surface area contributed by atoms with E-state index < -0.39 is 10.0 Å².